The van der Waals surface area contributed by atoms with Gasteiger partial charge >= 0.3 is 0 Å². The molecular formula is C24H28Cl2N4OS. The van der Waals surface area contributed by atoms with Crippen LogP contribution in [0.5, 0.6) is 0 Å². The summed E-state index contributed by atoms with van der Waals surface area (Å²) in [6, 6.07) is 5.83. The molecule has 2 aromatic heterocycles. The quantitative estimate of drug-likeness (QED) is 0.465. The van der Waals surface area contributed by atoms with Gasteiger partial charge in [-0.25, -0.2) is 9.97 Å². The number of hydrogen-bond donors (Lipinski definition) is 0. The number of nitrogens with zero attached hydrogens (tertiary/aromatic N) is 4. The van der Waals surface area contributed by atoms with E-state index >= 15 is 0 Å². The molecule has 3 heterocycles. The Labute approximate surface area is 203 Å². The average molecular weight is 491 g/mol. The SMILES string of the molecule is C[C@H]1CCc2c(sc3nc(CN4CCOCC4)nc(N(C)Cc4ccc(Cl)c(Cl)c4)c23)C1. The molecule has 0 unspecified atom stereocenters. The normalized spacial score (nSPS) is 19.3. The Bertz CT molecular complexity index is 1130. The Kier molecular flexibility index (Phi) is 6.59. The van der Waals surface area contributed by atoms with Crippen molar-refractivity contribution in [3.8, 4) is 0 Å². The number of hydrogen-bond acceptors (Lipinski definition) is 6. The number of morpholine rings is 1. The predicted octanol–water partition coefficient (Wildman–Crippen LogP) is 5.59. The van der Waals surface area contributed by atoms with Crippen molar-refractivity contribution in [3.63, 3.8) is 0 Å². The van der Waals surface area contributed by atoms with Crippen molar-refractivity contribution in [1.29, 1.82) is 0 Å². The van der Waals surface area contributed by atoms with Gasteiger partial charge in [-0.3, -0.25) is 4.90 Å². The first kappa shape index (κ1) is 22.4. The van der Waals surface area contributed by atoms with Crippen molar-refractivity contribution in [3.05, 3.63) is 50.1 Å². The summed E-state index contributed by atoms with van der Waals surface area (Å²) < 4.78 is 5.51. The van der Waals surface area contributed by atoms with Crippen LogP contribution in [0.3, 0.4) is 0 Å². The molecule has 1 atom stereocenters. The fraction of sp³-hybridized carbons (Fsp3) is 0.500. The Balaban J connectivity index is 1.53. The number of anilines is 1. The highest BCUT2D eigenvalue weighted by Gasteiger charge is 2.26. The first-order valence-electron chi connectivity index (χ1n) is 11.2. The molecular weight excluding hydrogens is 463 g/mol. The minimum atomic E-state index is 0.580. The molecule has 8 heteroatoms. The highest BCUT2D eigenvalue weighted by Crippen LogP contribution is 2.41. The molecule has 2 aliphatic rings. The average Bonchev–Trinajstić information content (AvgIpc) is 3.13. The highest BCUT2D eigenvalue weighted by molar-refractivity contribution is 7.19. The summed E-state index contributed by atoms with van der Waals surface area (Å²) in [6.45, 7) is 7.21. The van der Waals surface area contributed by atoms with Crippen LogP contribution >= 0.6 is 34.5 Å². The van der Waals surface area contributed by atoms with Crippen molar-refractivity contribution >= 4 is 50.6 Å². The maximum absolute atomic E-state index is 6.27. The number of aromatic nitrogens is 2. The van der Waals surface area contributed by atoms with Gasteiger partial charge in [0.2, 0.25) is 0 Å². The second-order valence-electron chi connectivity index (χ2n) is 8.99. The van der Waals surface area contributed by atoms with Crippen LogP contribution in [0.2, 0.25) is 10.0 Å². The van der Waals surface area contributed by atoms with E-state index in [4.69, 9.17) is 37.9 Å². The van der Waals surface area contributed by atoms with Gasteiger partial charge in [0.25, 0.3) is 0 Å². The second-order valence-corrected chi connectivity index (χ2v) is 10.9. The van der Waals surface area contributed by atoms with E-state index in [0.29, 0.717) is 16.6 Å². The third kappa shape index (κ3) is 4.62. The molecule has 5 rings (SSSR count). The van der Waals surface area contributed by atoms with Gasteiger partial charge in [-0.1, -0.05) is 36.2 Å². The first-order valence-corrected chi connectivity index (χ1v) is 12.8. The Morgan fingerprint density at radius 2 is 2.00 bits per heavy atom. The molecule has 0 spiro atoms. The van der Waals surface area contributed by atoms with Crippen LogP contribution in [-0.4, -0.2) is 48.2 Å². The largest absolute Gasteiger partial charge is 0.379 e. The summed E-state index contributed by atoms with van der Waals surface area (Å²) in [6.07, 6.45) is 3.48. The number of rotatable bonds is 5. The minimum Gasteiger partial charge on any atom is -0.379 e. The topological polar surface area (TPSA) is 41.5 Å². The molecule has 1 aromatic carbocycles. The van der Waals surface area contributed by atoms with Gasteiger partial charge < -0.3 is 9.64 Å². The fourth-order valence-electron chi connectivity index (χ4n) is 4.66. The molecule has 0 bridgehead atoms. The lowest BCUT2D eigenvalue weighted by molar-refractivity contribution is 0.0331. The van der Waals surface area contributed by atoms with Gasteiger partial charge in [-0.15, -0.1) is 11.3 Å². The Morgan fingerprint density at radius 3 is 2.78 bits per heavy atom. The molecule has 0 amide bonds. The van der Waals surface area contributed by atoms with E-state index in [0.717, 1.165) is 73.6 Å². The summed E-state index contributed by atoms with van der Waals surface area (Å²) in [7, 11) is 2.11. The summed E-state index contributed by atoms with van der Waals surface area (Å²) in [5, 5.41) is 2.40. The van der Waals surface area contributed by atoms with Crippen LogP contribution in [0.25, 0.3) is 10.2 Å². The third-order valence-corrected chi connectivity index (χ3v) is 8.30. The number of fused-ring (bicyclic) bond motifs is 3. The van der Waals surface area contributed by atoms with E-state index in [1.807, 2.05) is 29.5 Å². The van der Waals surface area contributed by atoms with E-state index in [1.165, 1.54) is 22.2 Å². The lowest BCUT2D eigenvalue weighted by Crippen LogP contribution is -2.36. The molecule has 1 saturated heterocycles. The molecule has 1 fully saturated rings. The minimum absolute atomic E-state index is 0.580. The molecule has 0 N–H and O–H groups in total. The molecule has 32 heavy (non-hydrogen) atoms. The number of benzene rings is 1. The number of halogens is 2. The van der Waals surface area contributed by atoms with E-state index < -0.39 is 0 Å². The monoisotopic (exact) mass is 490 g/mol. The molecule has 3 aromatic rings. The zero-order valence-electron chi connectivity index (χ0n) is 18.5. The van der Waals surface area contributed by atoms with Crippen LogP contribution < -0.4 is 4.90 Å². The summed E-state index contributed by atoms with van der Waals surface area (Å²) in [5.74, 6) is 2.65. The molecule has 170 valence electrons. The summed E-state index contributed by atoms with van der Waals surface area (Å²) >= 11 is 14.3. The van der Waals surface area contributed by atoms with Crippen molar-refractivity contribution in [2.24, 2.45) is 5.92 Å². The standard InChI is InChI=1S/C24H28Cl2N4OS/c1-15-3-5-17-20(11-15)32-24-22(17)23(27-21(28-24)14-30-7-9-31-10-8-30)29(2)13-16-4-6-18(25)19(26)12-16/h4,6,12,15H,3,5,7-11,13-14H2,1-2H3/t15-/m0/s1. The number of thiophene rings is 1. The number of ether oxygens (including phenoxy) is 1. The van der Waals surface area contributed by atoms with Gasteiger partial charge in [-0.2, -0.15) is 0 Å². The summed E-state index contributed by atoms with van der Waals surface area (Å²) in [4.78, 5) is 17.4. The zero-order valence-corrected chi connectivity index (χ0v) is 20.9. The Morgan fingerprint density at radius 1 is 1.19 bits per heavy atom. The van der Waals surface area contributed by atoms with E-state index in [2.05, 4.69) is 23.8 Å². The molecule has 0 saturated carbocycles. The molecule has 1 aliphatic carbocycles. The van der Waals surface area contributed by atoms with Crippen LogP contribution in [0.1, 0.15) is 35.2 Å². The van der Waals surface area contributed by atoms with E-state index in [-0.39, 0.29) is 0 Å². The maximum Gasteiger partial charge on any atom is 0.146 e. The predicted molar refractivity (Wildman–Crippen MR) is 133 cm³/mol. The number of aryl methyl sites for hydroxylation is 1. The zero-order chi connectivity index (χ0) is 22.2. The lowest BCUT2D eigenvalue weighted by Gasteiger charge is -2.27. The summed E-state index contributed by atoms with van der Waals surface area (Å²) in [5.41, 5.74) is 2.57. The smallest absolute Gasteiger partial charge is 0.146 e. The van der Waals surface area contributed by atoms with E-state index in [1.54, 1.807) is 0 Å². The second kappa shape index (κ2) is 9.43. The highest BCUT2D eigenvalue weighted by atomic mass is 35.5. The fourth-order valence-corrected chi connectivity index (χ4v) is 6.38. The van der Waals surface area contributed by atoms with Crippen molar-refractivity contribution < 1.29 is 4.74 Å². The molecule has 0 radical (unpaired) electrons. The van der Waals surface area contributed by atoms with Crippen molar-refractivity contribution in [2.45, 2.75) is 39.3 Å². The van der Waals surface area contributed by atoms with Gasteiger partial charge in [0.15, 0.2) is 0 Å². The van der Waals surface area contributed by atoms with Crippen LogP contribution in [-0.2, 0) is 30.7 Å². The van der Waals surface area contributed by atoms with Gasteiger partial charge in [0.1, 0.15) is 16.5 Å². The molecule has 1 aliphatic heterocycles. The Hall–Kier alpha value is -1.44. The first-order chi connectivity index (χ1) is 15.5. The van der Waals surface area contributed by atoms with Gasteiger partial charge in [0, 0.05) is 31.6 Å². The third-order valence-electron chi connectivity index (χ3n) is 6.42. The molecule has 5 nitrogen and oxygen atoms in total. The van der Waals surface area contributed by atoms with Crippen LogP contribution in [0.4, 0.5) is 5.82 Å². The lowest BCUT2D eigenvalue weighted by atomic mass is 9.89. The maximum atomic E-state index is 6.27. The van der Waals surface area contributed by atoms with Crippen LogP contribution in [0, 0.1) is 5.92 Å². The van der Waals surface area contributed by atoms with E-state index in [9.17, 15) is 0 Å². The van der Waals surface area contributed by atoms with Gasteiger partial charge in [-0.05, 0) is 48.4 Å². The van der Waals surface area contributed by atoms with Crippen molar-refractivity contribution in [1.82, 2.24) is 14.9 Å². The van der Waals surface area contributed by atoms with Gasteiger partial charge in [0.05, 0.1) is 35.2 Å². The van der Waals surface area contributed by atoms with Crippen LogP contribution in [0.15, 0.2) is 18.2 Å². The van der Waals surface area contributed by atoms with Crippen molar-refractivity contribution in [2.75, 3.05) is 38.3 Å².